The number of carbonyl (C=O) groups is 1. The first-order valence-corrected chi connectivity index (χ1v) is 9.20. The molecule has 0 atom stereocenters. The zero-order valence-corrected chi connectivity index (χ0v) is 14.8. The molecule has 0 aliphatic carbocycles. The van der Waals surface area contributed by atoms with Crippen molar-refractivity contribution in [2.45, 2.75) is 31.7 Å². The molecule has 1 amide bonds. The molecule has 3 rings (SSSR count). The van der Waals surface area contributed by atoms with Gasteiger partial charge >= 0.3 is 0 Å². The molecule has 1 aromatic carbocycles. The number of primary amides is 1. The molecule has 1 aliphatic heterocycles. The van der Waals surface area contributed by atoms with Crippen molar-refractivity contribution in [3.63, 3.8) is 0 Å². The Bertz CT molecular complexity index is 688. The van der Waals surface area contributed by atoms with Crippen LogP contribution in [-0.4, -0.2) is 25.7 Å². The van der Waals surface area contributed by atoms with Crippen molar-refractivity contribution in [3.05, 3.63) is 57.3 Å². The predicted octanol–water partition coefficient (Wildman–Crippen LogP) is 2.99. The lowest BCUT2D eigenvalue weighted by atomic mass is 9.74. The number of thiophene rings is 1. The van der Waals surface area contributed by atoms with Gasteiger partial charge in [0, 0.05) is 42.0 Å². The van der Waals surface area contributed by atoms with Crippen LogP contribution in [0.2, 0.25) is 0 Å². The molecule has 24 heavy (non-hydrogen) atoms. The van der Waals surface area contributed by atoms with E-state index < -0.39 is 0 Å². The molecular weight excluding hydrogens is 320 g/mol. The van der Waals surface area contributed by atoms with E-state index in [0.29, 0.717) is 5.56 Å². The van der Waals surface area contributed by atoms with Crippen LogP contribution < -0.4 is 11.1 Å². The van der Waals surface area contributed by atoms with Crippen LogP contribution in [0.15, 0.2) is 35.7 Å². The molecule has 3 N–H and O–H groups in total. The van der Waals surface area contributed by atoms with Crippen molar-refractivity contribution in [1.29, 1.82) is 0 Å². The average Bonchev–Trinajstić information content (AvgIpc) is 3.05. The maximum atomic E-state index is 11.2. The van der Waals surface area contributed by atoms with Gasteiger partial charge in [-0.3, -0.25) is 4.79 Å². The van der Waals surface area contributed by atoms with Gasteiger partial charge < -0.3 is 15.8 Å². The Morgan fingerprint density at radius 2 is 2.00 bits per heavy atom. The number of hydrogen-bond donors (Lipinski definition) is 2. The summed E-state index contributed by atoms with van der Waals surface area (Å²) in [5.41, 5.74) is 8.70. The van der Waals surface area contributed by atoms with Crippen LogP contribution in [0, 0.1) is 6.92 Å². The molecule has 1 aromatic heterocycles. The summed E-state index contributed by atoms with van der Waals surface area (Å²) in [5.74, 6) is -0.363. The molecule has 0 saturated carbocycles. The van der Waals surface area contributed by atoms with Gasteiger partial charge in [-0.15, -0.1) is 11.3 Å². The number of benzene rings is 1. The molecular formula is C19H24N2O2S. The lowest BCUT2D eigenvalue weighted by Gasteiger charge is -2.38. The molecule has 5 heteroatoms. The van der Waals surface area contributed by atoms with Gasteiger partial charge in [-0.1, -0.05) is 29.8 Å². The maximum absolute atomic E-state index is 11.2. The first-order valence-electron chi connectivity index (χ1n) is 8.32. The van der Waals surface area contributed by atoms with Crippen LogP contribution in [0.3, 0.4) is 0 Å². The summed E-state index contributed by atoms with van der Waals surface area (Å²) in [6, 6.07) is 10.7. The van der Waals surface area contributed by atoms with Gasteiger partial charge in [-0.2, -0.15) is 0 Å². The van der Waals surface area contributed by atoms with Crippen LogP contribution in [0.1, 0.15) is 39.2 Å². The second kappa shape index (κ2) is 7.47. The molecule has 1 saturated heterocycles. The topological polar surface area (TPSA) is 64.3 Å². The fraction of sp³-hybridized carbons (Fsp3) is 0.421. The van der Waals surface area contributed by atoms with Crippen LogP contribution in [-0.2, 0) is 16.7 Å². The number of ether oxygens (including phenoxy) is 1. The SMILES string of the molecule is Cc1ccc(C2(CNCc3cc(C(N)=O)cs3)CCOCC2)cc1. The summed E-state index contributed by atoms with van der Waals surface area (Å²) in [4.78, 5) is 12.3. The first kappa shape index (κ1) is 17.1. The van der Waals surface area contributed by atoms with E-state index in [1.54, 1.807) is 11.3 Å². The average molecular weight is 344 g/mol. The molecule has 0 radical (unpaired) electrons. The number of amides is 1. The van der Waals surface area contributed by atoms with Crippen molar-refractivity contribution in [1.82, 2.24) is 5.32 Å². The van der Waals surface area contributed by atoms with E-state index in [2.05, 4.69) is 36.5 Å². The van der Waals surface area contributed by atoms with Crippen molar-refractivity contribution in [2.24, 2.45) is 5.73 Å². The Morgan fingerprint density at radius 1 is 1.29 bits per heavy atom. The fourth-order valence-corrected chi connectivity index (χ4v) is 4.11. The van der Waals surface area contributed by atoms with E-state index in [0.717, 1.165) is 44.0 Å². The Balaban J connectivity index is 1.68. The van der Waals surface area contributed by atoms with Crippen molar-refractivity contribution in [3.8, 4) is 0 Å². The highest BCUT2D eigenvalue weighted by Gasteiger charge is 2.34. The summed E-state index contributed by atoms with van der Waals surface area (Å²) >= 11 is 1.57. The predicted molar refractivity (Wildman–Crippen MR) is 97.5 cm³/mol. The number of carbonyl (C=O) groups excluding carboxylic acids is 1. The smallest absolute Gasteiger partial charge is 0.249 e. The summed E-state index contributed by atoms with van der Waals surface area (Å²) in [6.07, 6.45) is 2.06. The van der Waals surface area contributed by atoms with Gasteiger partial charge in [-0.25, -0.2) is 0 Å². The minimum Gasteiger partial charge on any atom is -0.381 e. The molecule has 0 spiro atoms. The third kappa shape index (κ3) is 3.86. The quantitative estimate of drug-likeness (QED) is 0.847. The van der Waals surface area contributed by atoms with Gasteiger partial charge in [0.05, 0.1) is 5.56 Å². The third-order valence-corrected chi connectivity index (χ3v) is 5.75. The van der Waals surface area contributed by atoms with E-state index in [1.807, 2.05) is 11.4 Å². The second-order valence-corrected chi connectivity index (χ2v) is 7.52. The number of aryl methyl sites for hydroxylation is 1. The van der Waals surface area contributed by atoms with Crippen LogP contribution in [0.4, 0.5) is 0 Å². The van der Waals surface area contributed by atoms with E-state index >= 15 is 0 Å². The molecule has 128 valence electrons. The zero-order chi connectivity index (χ0) is 17.0. The standard InChI is InChI=1S/C19H24N2O2S/c1-14-2-4-16(5-3-14)19(6-8-23-9-7-19)13-21-11-17-10-15(12-24-17)18(20)22/h2-5,10,12,21H,6-9,11,13H2,1H3,(H2,20,22). The Hall–Kier alpha value is -1.69. The molecule has 1 aliphatic rings. The van der Waals surface area contributed by atoms with E-state index in [9.17, 15) is 4.79 Å². The van der Waals surface area contributed by atoms with Gasteiger partial charge in [0.25, 0.3) is 0 Å². The summed E-state index contributed by atoms with van der Waals surface area (Å²) < 4.78 is 5.59. The first-order chi connectivity index (χ1) is 11.6. The minimum absolute atomic E-state index is 0.121. The fourth-order valence-electron chi connectivity index (χ4n) is 3.26. The summed E-state index contributed by atoms with van der Waals surface area (Å²) in [7, 11) is 0. The largest absolute Gasteiger partial charge is 0.381 e. The molecule has 0 unspecified atom stereocenters. The zero-order valence-electron chi connectivity index (χ0n) is 14.0. The molecule has 2 heterocycles. The molecule has 1 fully saturated rings. The highest BCUT2D eigenvalue weighted by Crippen LogP contribution is 2.34. The van der Waals surface area contributed by atoms with E-state index in [-0.39, 0.29) is 11.3 Å². The van der Waals surface area contributed by atoms with E-state index in [4.69, 9.17) is 10.5 Å². The van der Waals surface area contributed by atoms with Crippen LogP contribution >= 0.6 is 11.3 Å². The lowest BCUT2D eigenvalue weighted by molar-refractivity contribution is 0.0498. The lowest BCUT2D eigenvalue weighted by Crippen LogP contribution is -2.42. The van der Waals surface area contributed by atoms with Crippen molar-refractivity contribution >= 4 is 17.2 Å². The second-order valence-electron chi connectivity index (χ2n) is 6.53. The number of hydrogen-bond acceptors (Lipinski definition) is 4. The van der Waals surface area contributed by atoms with E-state index in [1.165, 1.54) is 11.1 Å². The number of rotatable bonds is 6. The Morgan fingerprint density at radius 3 is 2.62 bits per heavy atom. The van der Waals surface area contributed by atoms with Crippen LogP contribution in [0.5, 0.6) is 0 Å². The molecule has 2 aromatic rings. The third-order valence-electron chi connectivity index (χ3n) is 4.81. The number of nitrogens with one attached hydrogen (secondary N) is 1. The highest BCUT2D eigenvalue weighted by atomic mass is 32.1. The molecule has 0 bridgehead atoms. The van der Waals surface area contributed by atoms with Gasteiger partial charge in [0.15, 0.2) is 0 Å². The minimum atomic E-state index is -0.363. The Labute approximate surface area is 147 Å². The van der Waals surface area contributed by atoms with Gasteiger partial charge in [-0.05, 0) is 31.4 Å². The monoisotopic (exact) mass is 344 g/mol. The van der Waals surface area contributed by atoms with Crippen LogP contribution in [0.25, 0.3) is 0 Å². The van der Waals surface area contributed by atoms with Crippen molar-refractivity contribution < 1.29 is 9.53 Å². The highest BCUT2D eigenvalue weighted by molar-refractivity contribution is 7.10. The molecule has 4 nitrogen and oxygen atoms in total. The van der Waals surface area contributed by atoms with Gasteiger partial charge in [0.1, 0.15) is 0 Å². The summed E-state index contributed by atoms with van der Waals surface area (Å²) in [5, 5.41) is 5.40. The Kier molecular flexibility index (Phi) is 5.33. The number of nitrogens with two attached hydrogens (primary N) is 1. The van der Waals surface area contributed by atoms with Gasteiger partial charge in [0.2, 0.25) is 5.91 Å². The van der Waals surface area contributed by atoms with Crippen molar-refractivity contribution in [2.75, 3.05) is 19.8 Å². The summed E-state index contributed by atoms with van der Waals surface area (Å²) in [6.45, 7) is 5.39. The maximum Gasteiger partial charge on any atom is 0.249 e. The normalized spacial score (nSPS) is 16.9.